The number of hydrogen-bond donors (Lipinski definition) is 1. The van der Waals surface area contributed by atoms with Gasteiger partial charge in [-0.25, -0.2) is 5.43 Å². The van der Waals surface area contributed by atoms with Gasteiger partial charge in [0.1, 0.15) is 0 Å². The van der Waals surface area contributed by atoms with Gasteiger partial charge in [-0.3, -0.25) is 9.63 Å². The molecule has 0 saturated heterocycles. The van der Waals surface area contributed by atoms with Gasteiger partial charge in [-0.05, 0) is 19.1 Å². The molecule has 2 rings (SSSR count). The fourth-order valence-corrected chi connectivity index (χ4v) is 1.38. The number of amides is 1. The maximum absolute atomic E-state index is 10.1. The van der Waals surface area contributed by atoms with Crippen molar-refractivity contribution in [3.8, 4) is 0 Å². The highest BCUT2D eigenvalue weighted by Crippen LogP contribution is 2.09. The van der Waals surface area contributed by atoms with Crippen LogP contribution in [0.1, 0.15) is 5.56 Å². The van der Waals surface area contributed by atoms with E-state index in [9.17, 15) is 4.79 Å². The molecule has 0 bridgehead atoms. The molecule has 4 heteroatoms. The minimum atomic E-state index is 0.552. The summed E-state index contributed by atoms with van der Waals surface area (Å²) in [6.07, 6.45) is 0.552. The fourth-order valence-electron chi connectivity index (χ4n) is 1.38. The zero-order valence-corrected chi connectivity index (χ0v) is 11.1. The van der Waals surface area contributed by atoms with Crippen LogP contribution in [0.5, 0.6) is 0 Å². The predicted molar refractivity (Wildman–Crippen MR) is 76.3 cm³/mol. The second-order valence-electron chi connectivity index (χ2n) is 3.71. The maximum atomic E-state index is 10.1. The number of nitrogens with one attached hydrogen (secondary N) is 1. The monoisotopic (exact) mass is 258 g/mol. The number of anilines is 1. The minimum Gasteiger partial charge on any atom is -0.277 e. The number of para-hydroxylation sites is 1. The van der Waals surface area contributed by atoms with Crippen LogP contribution in [-0.2, 0) is 9.63 Å². The van der Waals surface area contributed by atoms with Crippen LogP contribution in [-0.4, -0.2) is 13.5 Å². The quantitative estimate of drug-likeness (QED) is 0.677. The Kier molecular flexibility index (Phi) is 6.76. The smallest absolute Gasteiger partial charge is 0.227 e. The summed E-state index contributed by atoms with van der Waals surface area (Å²) in [6, 6.07) is 19.5. The van der Waals surface area contributed by atoms with Gasteiger partial charge in [-0.15, -0.1) is 0 Å². The van der Waals surface area contributed by atoms with E-state index in [2.05, 4.69) is 24.5 Å². The lowest BCUT2D eigenvalue weighted by atomic mass is 10.2. The number of hydrogen-bond acceptors (Lipinski definition) is 3. The van der Waals surface area contributed by atoms with Gasteiger partial charge in [0.05, 0.1) is 12.8 Å². The summed E-state index contributed by atoms with van der Waals surface area (Å²) in [6.45, 7) is 2.08. The van der Waals surface area contributed by atoms with E-state index in [1.165, 1.54) is 17.8 Å². The number of benzene rings is 2. The number of aryl methyl sites for hydroxylation is 1. The molecule has 0 aliphatic rings. The van der Waals surface area contributed by atoms with Crippen molar-refractivity contribution >= 4 is 12.1 Å². The van der Waals surface area contributed by atoms with Gasteiger partial charge in [0, 0.05) is 0 Å². The molecule has 0 unspecified atom stereocenters. The zero-order valence-electron chi connectivity index (χ0n) is 11.1. The van der Waals surface area contributed by atoms with Gasteiger partial charge < -0.3 is 0 Å². The van der Waals surface area contributed by atoms with Crippen molar-refractivity contribution in [3.05, 3.63) is 66.2 Å². The van der Waals surface area contributed by atoms with E-state index < -0.39 is 0 Å². The van der Waals surface area contributed by atoms with E-state index in [0.29, 0.717) is 6.41 Å². The molecule has 0 aliphatic heterocycles. The summed E-state index contributed by atoms with van der Waals surface area (Å²) >= 11 is 0. The van der Waals surface area contributed by atoms with Crippen molar-refractivity contribution in [2.24, 2.45) is 0 Å². The summed E-state index contributed by atoms with van der Waals surface area (Å²) in [7, 11) is 1.48. The lowest BCUT2D eigenvalue weighted by molar-refractivity contribution is -0.111. The second-order valence-corrected chi connectivity index (χ2v) is 3.71. The Morgan fingerprint density at radius 1 is 1.00 bits per heavy atom. The van der Waals surface area contributed by atoms with E-state index in [4.69, 9.17) is 4.84 Å². The molecule has 0 heterocycles. The lowest BCUT2D eigenvalue weighted by Crippen LogP contribution is -2.35. The third-order valence-electron chi connectivity index (χ3n) is 2.28. The van der Waals surface area contributed by atoms with Crippen LogP contribution >= 0.6 is 0 Å². The molecule has 4 nitrogen and oxygen atoms in total. The predicted octanol–water partition coefficient (Wildman–Crippen LogP) is 2.71. The lowest BCUT2D eigenvalue weighted by Gasteiger charge is -2.18. The normalized spacial score (nSPS) is 8.95. The van der Waals surface area contributed by atoms with Crippen LogP contribution in [0, 0.1) is 6.92 Å². The van der Waals surface area contributed by atoms with Crippen molar-refractivity contribution in [2.75, 3.05) is 12.3 Å². The summed E-state index contributed by atoms with van der Waals surface area (Å²) in [4.78, 5) is 15.0. The summed E-state index contributed by atoms with van der Waals surface area (Å²) in [5, 5.41) is 1.27. The Morgan fingerprint density at radius 3 is 1.89 bits per heavy atom. The third kappa shape index (κ3) is 5.70. The molecule has 0 radical (unpaired) electrons. The molecule has 0 fully saturated rings. The summed E-state index contributed by atoms with van der Waals surface area (Å²) in [5.41, 5.74) is 4.47. The van der Waals surface area contributed by atoms with E-state index in [1.54, 1.807) is 0 Å². The minimum absolute atomic E-state index is 0.552. The van der Waals surface area contributed by atoms with Gasteiger partial charge >= 0.3 is 0 Å². The van der Waals surface area contributed by atoms with Crippen LogP contribution < -0.4 is 10.6 Å². The van der Waals surface area contributed by atoms with E-state index in [1.807, 2.05) is 48.5 Å². The molecule has 2 aromatic rings. The molecule has 0 saturated carbocycles. The third-order valence-corrected chi connectivity index (χ3v) is 2.28. The largest absolute Gasteiger partial charge is 0.277 e. The molecule has 19 heavy (non-hydrogen) atoms. The van der Waals surface area contributed by atoms with Crippen molar-refractivity contribution in [1.82, 2.24) is 5.43 Å². The fraction of sp³-hybridized carbons (Fsp3) is 0.133. The van der Waals surface area contributed by atoms with E-state index >= 15 is 0 Å². The molecule has 1 amide bonds. The topological polar surface area (TPSA) is 41.6 Å². The van der Waals surface area contributed by atoms with Crippen LogP contribution in [0.3, 0.4) is 0 Å². The first-order valence-corrected chi connectivity index (χ1v) is 5.88. The van der Waals surface area contributed by atoms with Crippen molar-refractivity contribution in [2.45, 2.75) is 6.92 Å². The maximum Gasteiger partial charge on any atom is 0.227 e. The van der Waals surface area contributed by atoms with Gasteiger partial charge in [0.25, 0.3) is 0 Å². The summed E-state index contributed by atoms with van der Waals surface area (Å²) in [5.74, 6) is 0. The highest BCUT2D eigenvalue weighted by atomic mass is 16.7. The first-order valence-electron chi connectivity index (χ1n) is 5.88. The highest BCUT2D eigenvalue weighted by Gasteiger charge is 2.00. The van der Waals surface area contributed by atoms with Crippen LogP contribution in [0.4, 0.5) is 5.69 Å². The van der Waals surface area contributed by atoms with Gasteiger partial charge in [-0.2, -0.15) is 5.17 Å². The number of nitrogens with zero attached hydrogens (tertiary/aromatic N) is 1. The Morgan fingerprint density at radius 2 is 1.53 bits per heavy atom. The SMILES string of the molecule is CON(NC=O)c1ccccc1.Cc1ccccc1. The Balaban J connectivity index is 0.000000218. The molecule has 1 N–H and O–H groups in total. The summed E-state index contributed by atoms with van der Waals surface area (Å²) < 4.78 is 0. The molecule has 100 valence electrons. The average molecular weight is 258 g/mol. The van der Waals surface area contributed by atoms with E-state index in [-0.39, 0.29) is 0 Å². The highest BCUT2D eigenvalue weighted by molar-refractivity contribution is 5.53. The molecular formula is C15H18N2O2. The van der Waals surface area contributed by atoms with Gasteiger partial charge in [0.15, 0.2) is 0 Å². The van der Waals surface area contributed by atoms with Crippen LogP contribution in [0.15, 0.2) is 60.7 Å². The van der Waals surface area contributed by atoms with Crippen LogP contribution in [0.25, 0.3) is 0 Å². The van der Waals surface area contributed by atoms with Crippen molar-refractivity contribution < 1.29 is 9.63 Å². The molecular weight excluding hydrogens is 240 g/mol. The molecule has 0 atom stereocenters. The van der Waals surface area contributed by atoms with Crippen LogP contribution in [0.2, 0.25) is 0 Å². The zero-order chi connectivity index (χ0) is 13.9. The molecule has 2 aromatic carbocycles. The van der Waals surface area contributed by atoms with Gasteiger partial charge in [0.2, 0.25) is 6.41 Å². The standard InChI is InChI=1S/C8H10N2O2.C7H8/c1-12-10(9-7-11)8-5-3-2-4-6-8;1-7-5-3-2-4-6-7/h2-7H,1H3,(H,9,11);2-6H,1H3. The number of hydrazine groups is 1. The molecule has 0 aliphatic carbocycles. The molecule has 0 aromatic heterocycles. The number of rotatable bonds is 4. The Bertz CT molecular complexity index is 460. The first kappa shape index (κ1) is 14.7. The molecule has 0 spiro atoms. The number of carbonyl (C=O) groups is 1. The van der Waals surface area contributed by atoms with E-state index in [0.717, 1.165) is 5.69 Å². The average Bonchev–Trinajstić information content (AvgIpc) is 2.47. The number of carbonyl (C=O) groups excluding carboxylic acids is 1. The van der Waals surface area contributed by atoms with Crippen molar-refractivity contribution in [3.63, 3.8) is 0 Å². The van der Waals surface area contributed by atoms with Gasteiger partial charge in [-0.1, -0.05) is 54.1 Å². The second kappa shape index (κ2) is 8.72. The van der Waals surface area contributed by atoms with Crippen molar-refractivity contribution in [1.29, 1.82) is 0 Å². The Labute approximate surface area is 113 Å². The first-order chi connectivity index (χ1) is 9.27. The Hall–Kier alpha value is -2.33.